The van der Waals surface area contributed by atoms with Crippen LogP contribution in [-0.4, -0.2) is 5.91 Å². The third-order valence-corrected chi connectivity index (χ3v) is 2.71. The number of carbonyl (C=O) groups is 1. The molecule has 0 aliphatic heterocycles. The van der Waals surface area contributed by atoms with Crippen molar-refractivity contribution in [3.8, 4) is 23.5 Å². The topological polar surface area (TPSA) is 69.1 Å². The number of amides is 1. The van der Waals surface area contributed by atoms with Crippen LogP contribution in [0.1, 0.15) is 15.9 Å². The summed E-state index contributed by atoms with van der Waals surface area (Å²) < 4.78 is 0. The molecule has 88 valence electrons. The van der Waals surface area contributed by atoms with Gasteiger partial charge in [0.15, 0.2) is 0 Å². The second kappa shape index (κ2) is 4.64. The highest BCUT2D eigenvalue weighted by Crippen LogP contribution is 2.31. The fraction of sp³-hybridized carbons (Fsp3) is 0. The van der Waals surface area contributed by atoms with E-state index in [2.05, 4.69) is 5.92 Å². The first-order chi connectivity index (χ1) is 8.65. The zero-order valence-corrected chi connectivity index (χ0v) is 9.68. The number of rotatable bonds is 2. The molecule has 0 saturated heterocycles. The lowest BCUT2D eigenvalue weighted by Gasteiger charge is -2.12. The number of hydrogen-bond donors (Lipinski definition) is 2. The van der Waals surface area contributed by atoms with Crippen LogP contribution in [0.5, 0.6) is 0 Å². The number of terminal acetylenes is 1. The number of primary amides is 1. The van der Waals surface area contributed by atoms with E-state index in [0.717, 1.165) is 5.56 Å². The average molecular weight is 236 g/mol. The van der Waals surface area contributed by atoms with Gasteiger partial charge in [-0.2, -0.15) is 0 Å². The molecule has 0 aromatic heterocycles. The Labute approximate surface area is 105 Å². The Hall–Kier alpha value is -2.73. The molecule has 0 aliphatic carbocycles. The fourth-order valence-electron chi connectivity index (χ4n) is 1.90. The molecule has 18 heavy (non-hydrogen) atoms. The lowest BCUT2D eigenvalue weighted by molar-refractivity contribution is 0.100. The molecule has 0 radical (unpaired) electrons. The van der Waals surface area contributed by atoms with Gasteiger partial charge in [0.05, 0.1) is 0 Å². The first-order valence-corrected chi connectivity index (χ1v) is 5.39. The summed E-state index contributed by atoms with van der Waals surface area (Å²) in [5.74, 6) is 2.06. The van der Waals surface area contributed by atoms with Crippen molar-refractivity contribution < 1.29 is 4.79 Å². The third kappa shape index (κ3) is 1.92. The maximum atomic E-state index is 11.5. The smallest absolute Gasteiger partial charge is 0.249 e. The molecular weight excluding hydrogens is 224 g/mol. The van der Waals surface area contributed by atoms with Gasteiger partial charge in [-0.15, -0.1) is 6.42 Å². The van der Waals surface area contributed by atoms with Gasteiger partial charge in [0.25, 0.3) is 0 Å². The van der Waals surface area contributed by atoms with Crippen LogP contribution in [-0.2, 0) is 0 Å². The van der Waals surface area contributed by atoms with Gasteiger partial charge in [-0.25, -0.2) is 0 Å². The molecule has 0 fully saturated rings. The van der Waals surface area contributed by atoms with Gasteiger partial charge in [-0.05, 0) is 18.2 Å². The summed E-state index contributed by atoms with van der Waals surface area (Å²) in [5.41, 5.74) is 14.2. The first-order valence-electron chi connectivity index (χ1n) is 5.39. The van der Waals surface area contributed by atoms with E-state index >= 15 is 0 Å². The Kier molecular flexibility index (Phi) is 3.03. The van der Waals surface area contributed by atoms with Crippen molar-refractivity contribution in [2.45, 2.75) is 0 Å². The van der Waals surface area contributed by atoms with Gasteiger partial charge in [0.1, 0.15) is 0 Å². The van der Waals surface area contributed by atoms with Crippen LogP contribution in [0.25, 0.3) is 11.1 Å². The monoisotopic (exact) mass is 236 g/mol. The summed E-state index contributed by atoms with van der Waals surface area (Å²) in [4.78, 5) is 11.5. The minimum absolute atomic E-state index is 0.373. The van der Waals surface area contributed by atoms with Crippen LogP contribution in [0.2, 0.25) is 0 Å². The Morgan fingerprint density at radius 2 is 1.83 bits per heavy atom. The molecule has 4 N–H and O–H groups in total. The van der Waals surface area contributed by atoms with Crippen molar-refractivity contribution in [3.63, 3.8) is 0 Å². The molecule has 2 aromatic rings. The third-order valence-electron chi connectivity index (χ3n) is 2.71. The van der Waals surface area contributed by atoms with E-state index in [0.29, 0.717) is 22.4 Å². The highest BCUT2D eigenvalue weighted by atomic mass is 16.1. The van der Waals surface area contributed by atoms with E-state index in [9.17, 15) is 4.79 Å². The van der Waals surface area contributed by atoms with E-state index in [1.165, 1.54) is 0 Å². The zero-order chi connectivity index (χ0) is 13.1. The molecule has 0 bridgehead atoms. The molecule has 0 aliphatic rings. The molecule has 3 nitrogen and oxygen atoms in total. The fourth-order valence-corrected chi connectivity index (χ4v) is 1.90. The highest BCUT2D eigenvalue weighted by molar-refractivity contribution is 6.03. The molecule has 2 aromatic carbocycles. The van der Waals surface area contributed by atoms with Crippen molar-refractivity contribution in [2.75, 3.05) is 5.73 Å². The molecule has 0 unspecified atom stereocenters. The van der Waals surface area contributed by atoms with Crippen molar-refractivity contribution in [3.05, 3.63) is 53.6 Å². The Morgan fingerprint density at radius 3 is 2.50 bits per heavy atom. The second-order valence-electron chi connectivity index (χ2n) is 3.82. The lowest BCUT2D eigenvalue weighted by Crippen LogP contribution is -2.13. The number of anilines is 1. The molecule has 3 heteroatoms. The molecule has 0 heterocycles. The van der Waals surface area contributed by atoms with Crippen LogP contribution < -0.4 is 11.5 Å². The van der Waals surface area contributed by atoms with E-state index in [4.69, 9.17) is 17.9 Å². The van der Waals surface area contributed by atoms with Gasteiger partial charge >= 0.3 is 0 Å². The van der Waals surface area contributed by atoms with Crippen molar-refractivity contribution >= 4 is 11.6 Å². The minimum atomic E-state index is -0.524. The Balaban J connectivity index is 2.79. The van der Waals surface area contributed by atoms with Crippen LogP contribution >= 0.6 is 0 Å². The minimum Gasteiger partial charge on any atom is -0.398 e. The summed E-state index contributed by atoms with van der Waals surface area (Å²) in [6, 6.07) is 12.4. The summed E-state index contributed by atoms with van der Waals surface area (Å²) in [5, 5.41) is 0. The predicted octanol–water partition coefficient (Wildman–Crippen LogP) is 2.02. The molecule has 0 saturated carbocycles. The van der Waals surface area contributed by atoms with Gasteiger partial charge in [-0.1, -0.05) is 30.2 Å². The molecule has 1 amide bonds. The molecular formula is C15H12N2O. The number of nitrogen functional groups attached to an aromatic ring is 1. The quantitative estimate of drug-likeness (QED) is 0.618. The van der Waals surface area contributed by atoms with Crippen LogP contribution in [0, 0.1) is 12.3 Å². The second-order valence-corrected chi connectivity index (χ2v) is 3.82. The first kappa shape index (κ1) is 11.7. The van der Waals surface area contributed by atoms with Crippen molar-refractivity contribution in [1.82, 2.24) is 0 Å². The highest BCUT2D eigenvalue weighted by Gasteiger charge is 2.14. The number of carbonyl (C=O) groups excluding carboxylic acids is 1. The number of nitrogens with two attached hydrogens (primary N) is 2. The SMILES string of the molecule is C#Cc1ccccc1-c1c(N)cccc1C(N)=O. The van der Waals surface area contributed by atoms with Gasteiger partial charge in [-0.3, -0.25) is 4.79 Å². The Morgan fingerprint density at radius 1 is 1.11 bits per heavy atom. The van der Waals surface area contributed by atoms with E-state index in [-0.39, 0.29) is 0 Å². The molecule has 0 spiro atoms. The summed E-state index contributed by atoms with van der Waals surface area (Å²) in [7, 11) is 0. The standard InChI is InChI=1S/C15H12N2O/c1-2-10-6-3-4-7-11(10)14-12(15(17)18)8-5-9-13(14)16/h1,3-9H,16H2,(H2,17,18). The predicted molar refractivity (Wildman–Crippen MR) is 72.7 cm³/mol. The Bertz CT molecular complexity index is 654. The van der Waals surface area contributed by atoms with Crippen LogP contribution in [0.15, 0.2) is 42.5 Å². The molecule has 0 atom stereocenters. The largest absolute Gasteiger partial charge is 0.398 e. The van der Waals surface area contributed by atoms with Crippen molar-refractivity contribution in [2.24, 2.45) is 5.73 Å². The number of benzene rings is 2. The molecule has 2 rings (SSSR count). The normalized spacial score (nSPS) is 9.72. The van der Waals surface area contributed by atoms with E-state index in [1.54, 1.807) is 24.3 Å². The van der Waals surface area contributed by atoms with Gasteiger partial charge in [0, 0.05) is 27.9 Å². The average Bonchev–Trinajstić information content (AvgIpc) is 2.38. The van der Waals surface area contributed by atoms with Crippen molar-refractivity contribution in [1.29, 1.82) is 0 Å². The maximum absolute atomic E-state index is 11.5. The van der Waals surface area contributed by atoms with Gasteiger partial charge < -0.3 is 11.5 Å². The lowest BCUT2D eigenvalue weighted by atomic mass is 9.94. The van der Waals surface area contributed by atoms with Gasteiger partial charge in [0.2, 0.25) is 5.91 Å². The van der Waals surface area contributed by atoms with Crippen LogP contribution in [0.3, 0.4) is 0 Å². The van der Waals surface area contributed by atoms with E-state index < -0.39 is 5.91 Å². The van der Waals surface area contributed by atoms with E-state index in [1.807, 2.05) is 18.2 Å². The number of hydrogen-bond acceptors (Lipinski definition) is 2. The summed E-state index contributed by atoms with van der Waals surface area (Å²) in [6.07, 6.45) is 5.46. The van der Waals surface area contributed by atoms with Crippen LogP contribution in [0.4, 0.5) is 5.69 Å². The summed E-state index contributed by atoms with van der Waals surface area (Å²) in [6.45, 7) is 0. The zero-order valence-electron chi connectivity index (χ0n) is 9.68. The maximum Gasteiger partial charge on any atom is 0.249 e. The summed E-state index contributed by atoms with van der Waals surface area (Å²) >= 11 is 0.